The number of hydrogen-bond donors (Lipinski definition) is 1. The van der Waals surface area contributed by atoms with E-state index in [4.69, 9.17) is 5.11 Å². The lowest BCUT2D eigenvalue weighted by molar-refractivity contribution is -0.131. The molecular formula is C17H17NO2. The monoisotopic (exact) mass is 267 g/mol. The summed E-state index contributed by atoms with van der Waals surface area (Å²) in [4.78, 5) is 12.6. The molecule has 2 aromatic carbocycles. The van der Waals surface area contributed by atoms with Crippen molar-refractivity contribution in [3.63, 3.8) is 0 Å². The summed E-state index contributed by atoms with van der Waals surface area (Å²) >= 11 is 0. The average Bonchev–Trinajstić information content (AvgIpc) is 2.45. The molecule has 2 rings (SSSR count). The Bertz CT molecular complexity index is 630. The van der Waals surface area contributed by atoms with Crippen molar-refractivity contribution < 1.29 is 9.90 Å². The molecule has 1 N–H and O–H groups in total. The van der Waals surface area contributed by atoms with Crippen LogP contribution in [0, 0.1) is 6.92 Å². The van der Waals surface area contributed by atoms with Crippen molar-refractivity contribution >= 4 is 23.4 Å². The molecule has 0 saturated carbocycles. The number of carboxylic acids is 1. The summed E-state index contributed by atoms with van der Waals surface area (Å²) in [6, 6.07) is 16.0. The molecular weight excluding hydrogens is 250 g/mol. The van der Waals surface area contributed by atoms with Crippen LogP contribution < -0.4 is 4.90 Å². The fourth-order valence-electron chi connectivity index (χ4n) is 1.96. The summed E-state index contributed by atoms with van der Waals surface area (Å²) in [5, 5.41) is 8.60. The molecule has 0 bridgehead atoms. The van der Waals surface area contributed by atoms with E-state index in [0.29, 0.717) is 0 Å². The molecule has 2 aromatic rings. The third-order valence-electron chi connectivity index (χ3n) is 3.09. The van der Waals surface area contributed by atoms with Crippen LogP contribution in [0.2, 0.25) is 0 Å². The highest BCUT2D eigenvalue weighted by molar-refractivity contribution is 5.85. The van der Waals surface area contributed by atoms with Gasteiger partial charge in [-0.15, -0.1) is 0 Å². The number of carboxylic acid groups (broad SMARTS) is 1. The SMILES string of the molecule is Cc1cccc(N(C)c2ccc(C=CC(=O)O)cc2)c1. The Balaban J connectivity index is 2.19. The highest BCUT2D eigenvalue weighted by Crippen LogP contribution is 2.24. The average molecular weight is 267 g/mol. The van der Waals surface area contributed by atoms with E-state index in [2.05, 4.69) is 30.0 Å². The van der Waals surface area contributed by atoms with Crippen molar-refractivity contribution in [2.45, 2.75) is 6.92 Å². The van der Waals surface area contributed by atoms with Crippen molar-refractivity contribution in [1.29, 1.82) is 0 Å². The quantitative estimate of drug-likeness (QED) is 0.855. The van der Waals surface area contributed by atoms with Gasteiger partial charge in [0.05, 0.1) is 0 Å². The summed E-state index contributed by atoms with van der Waals surface area (Å²) in [5.41, 5.74) is 4.27. The van der Waals surface area contributed by atoms with Crippen molar-refractivity contribution in [2.75, 3.05) is 11.9 Å². The molecule has 102 valence electrons. The van der Waals surface area contributed by atoms with E-state index in [-0.39, 0.29) is 0 Å². The van der Waals surface area contributed by atoms with E-state index in [9.17, 15) is 4.79 Å². The van der Waals surface area contributed by atoms with E-state index in [1.165, 1.54) is 5.56 Å². The number of carbonyl (C=O) groups is 1. The van der Waals surface area contributed by atoms with Crippen LogP contribution in [0.1, 0.15) is 11.1 Å². The topological polar surface area (TPSA) is 40.5 Å². The molecule has 0 aliphatic rings. The predicted octanol–water partition coefficient (Wildman–Crippen LogP) is 3.86. The molecule has 0 atom stereocenters. The van der Waals surface area contributed by atoms with Crippen molar-refractivity contribution in [1.82, 2.24) is 0 Å². The second-order valence-electron chi connectivity index (χ2n) is 4.66. The van der Waals surface area contributed by atoms with Crippen molar-refractivity contribution in [3.05, 3.63) is 65.7 Å². The second-order valence-corrected chi connectivity index (χ2v) is 4.66. The molecule has 3 nitrogen and oxygen atoms in total. The van der Waals surface area contributed by atoms with Crippen LogP contribution in [0.25, 0.3) is 6.08 Å². The normalized spacial score (nSPS) is 10.7. The zero-order valence-electron chi connectivity index (χ0n) is 11.6. The Morgan fingerprint density at radius 2 is 1.80 bits per heavy atom. The van der Waals surface area contributed by atoms with Crippen LogP contribution in [0.5, 0.6) is 0 Å². The Kier molecular flexibility index (Phi) is 4.20. The fourth-order valence-corrected chi connectivity index (χ4v) is 1.96. The number of aryl methyl sites for hydroxylation is 1. The van der Waals surface area contributed by atoms with Crippen LogP contribution in [0.3, 0.4) is 0 Å². The maximum Gasteiger partial charge on any atom is 0.328 e. The third kappa shape index (κ3) is 3.48. The summed E-state index contributed by atoms with van der Waals surface area (Å²) < 4.78 is 0. The Morgan fingerprint density at radius 3 is 2.40 bits per heavy atom. The van der Waals surface area contributed by atoms with Crippen molar-refractivity contribution in [3.8, 4) is 0 Å². The lowest BCUT2D eigenvalue weighted by Crippen LogP contribution is -2.09. The van der Waals surface area contributed by atoms with Crippen LogP contribution >= 0.6 is 0 Å². The molecule has 0 heterocycles. The number of anilines is 2. The minimum atomic E-state index is -0.939. The van der Waals surface area contributed by atoms with Gasteiger partial charge in [-0.25, -0.2) is 4.79 Å². The highest BCUT2D eigenvalue weighted by atomic mass is 16.4. The van der Waals surface area contributed by atoms with E-state index in [1.807, 2.05) is 37.4 Å². The van der Waals surface area contributed by atoms with Gasteiger partial charge in [0.2, 0.25) is 0 Å². The largest absolute Gasteiger partial charge is 0.478 e. The fraction of sp³-hybridized carbons (Fsp3) is 0.118. The number of aliphatic carboxylic acids is 1. The minimum absolute atomic E-state index is 0.869. The van der Waals surface area contributed by atoms with Gasteiger partial charge in [0.15, 0.2) is 0 Å². The van der Waals surface area contributed by atoms with E-state index < -0.39 is 5.97 Å². The summed E-state index contributed by atoms with van der Waals surface area (Å²) in [7, 11) is 2.01. The van der Waals surface area contributed by atoms with Gasteiger partial charge in [-0.1, -0.05) is 24.3 Å². The van der Waals surface area contributed by atoms with Gasteiger partial charge < -0.3 is 10.0 Å². The number of rotatable bonds is 4. The molecule has 0 radical (unpaired) electrons. The molecule has 20 heavy (non-hydrogen) atoms. The van der Waals surface area contributed by atoms with Gasteiger partial charge in [-0.3, -0.25) is 0 Å². The van der Waals surface area contributed by atoms with E-state index in [0.717, 1.165) is 23.0 Å². The standard InChI is InChI=1S/C17H17NO2/c1-13-4-3-5-16(12-13)18(2)15-9-6-14(7-10-15)8-11-17(19)20/h3-12H,1-2H3,(H,19,20). The van der Waals surface area contributed by atoms with Crippen LogP contribution in [-0.4, -0.2) is 18.1 Å². The Labute approximate surface area is 118 Å². The smallest absolute Gasteiger partial charge is 0.328 e. The Hall–Kier alpha value is -2.55. The van der Waals surface area contributed by atoms with Gasteiger partial charge in [0.25, 0.3) is 0 Å². The molecule has 0 spiro atoms. The number of nitrogens with zero attached hydrogens (tertiary/aromatic N) is 1. The van der Waals surface area contributed by atoms with Crippen LogP contribution in [-0.2, 0) is 4.79 Å². The molecule has 0 aromatic heterocycles. The van der Waals surface area contributed by atoms with Gasteiger partial charge in [0.1, 0.15) is 0 Å². The predicted molar refractivity (Wildman–Crippen MR) is 82.4 cm³/mol. The number of hydrogen-bond acceptors (Lipinski definition) is 2. The lowest BCUT2D eigenvalue weighted by Gasteiger charge is -2.20. The molecule has 0 amide bonds. The molecule has 0 unspecified atom stereocenters. The molecule has 0 fully saturated rings. The lowest BCUT2D eigenvalue weighted by atomic mass is 10.1. The first kappa shape index (κ1) is 13.9. The van der Waals surface area contributed by atoms with E-state index >= 15 is 0 Å². The van der Waals surface area contributed by atoms with Crippen molar-refractivity contribution in [2.24, 2.45) is 0 Å². The molecule has 3 heteroatoms. The summed E-state index contributed by atoms with van der Waals surface area (Å²) in [5.74, 6) is -0.939. The van der Waals surface area contributed by atoms with Gasteiger partial charge in [-0.05, 0) is 48.4 Å². The second kappa shape index (κ2) is 6.06. The minimum Gasteiger partial charge on any atom is -0.478 e. The third-order valence-corrected chi connectivity index (χ3v) is 3.09. The maximum atomic E-state index is 10.5. The van der Waals surface area contributed by atoms with Gasteiger partial charge in [-0.2, -0.15) is 0 Å². The summed E-state index contributed by atoms with van der Waals surface area (Å²) in [6.07, 6.45) is 2.72. The first-order valence-electron chi connectivity index (χ1n) is 6.38. The molecule has 0 aliphatic heterocycles. The first-order valence-corrected chi connectivity index (χ1v) is 6.38. The van der Waals surface area contributed by atoms with Gasteiger partial charge in [0, 0.05) is 24.5 Å². The van der Waals surface area contributed by atoms with E-state index in [1.54, 1.807) is 6.08 Å². The molecule has 0 aliphatic carbocycles. The Morgan fingerprint density at radius 1 is 1.10 bits per heavy atom. The zero-order valence-corrected chi connectivity index (χ0v) is 11.6. The maximum absolute atomic E-state index is 10.5. The van der Waals surface area contributed by atoms with Crippen LogP contribution in [0.4, 0.5) is 11.4 Å². The van der Waals surface area contributed by atoms with Crippen LogP contribution in [0.15, 0.2) is 54.6 Å². The summed E-state index contributed by atoms with van der Waals surface area (Å²) in [6.45, 7) is 2.07. The highest BCUT2D eigenvalue weighted by Gasteiger charge is 2.03. The first-order chi connectivity index (χ1) is 9.56. The van der Waals surface area contributed by atoms with Gasteiger partial charge >= 0.3 is 5.97 Å². The molecule has 0 saturated heterocycles. The zero-order chi connectivity index (χ0) is 14.5. The number of benzene rings is 2.